The van der Waals surface area contributed by atoms with Gasteiger partial charge in [-0.05, 0) is 61.1 Å². The Labute approximate surface area is 148 Å². The molecule has 0 heterocycles. The van der Waals surface area contributed by atoms with Gasteiger partial charge in [-0.15, -0.1) is 0 Å². The van der Waals surface area contributed by atoms with Crippen LogP contribution in [-0.4, -0.2) is 18.3 Å². The van der Waals surface area contributed by atoms with Gasteiger partial charge >= 0.3 is 0 Å². The van der Waals surface area contributed by atoms with E-state index in [9.17, 15) is 9.59 Å². The number of ketones is 1. The molecule has 1 aliphatic carbocycles. The summed E-state index contributed by atoms with van der Waals surface area (Å²) in [7, 11) is 0. The number of fused-ring (bicyclic) bond motifs is 1. The molecule has 0 saturated heterocycles. The van der Waals surface area contributed by atoms with Crippen LogP contribution >= 0.6 is 0 Å². The Kier molecular flexibility index (Phi) is 4.62. The first-order valence-corrected chi connectivity index (χ1v) is 8.53. The molecule has 0 bridgehead atoms. The van der Waals surface area contributed by atoms with Crippen molar-refractivity contribution in [1.29, 1.82) is 0 Å². The Morgan fingerprint density at radius 3 is 2.64 bits per heavy atom. The highest BCUT2D eigenvalue weighted by atomic mass is 16.5. The zero-order valence-corrected chi connectivity index (χ0v) is 15.1. The first-order chi connectivity index (χ1) is 11.9. The minimum atomic E-state index is -0.235. The molecule has 0 radical (unpaired) electrons. The Bertz CT molecular complexity index is 854. The summed E-state index contributed by atoms with van der Waals surface area (Å²) >= 11 is 0. The number of benzene rings is 2. The van der Waals surface area contributed by atoms with Crippen molar-refractivity contribution in [1.82, 2.24) is 0 Å². The highest BCUT2D eigenvalue weighted by Gasteiger charge is 2.31. The van der Waals surface area contributed by atoms with Crippen molar-refractivity contribution in [2.24, 2.45) is 0 Å². The number of hydrogen-bond donors (Lipinski definition) is 1. The molecule has 3 rings (SSSR count). The number of ether oxygens (including phenoxy) is 1. The van der Waals surface area contributed by atoms with E-state index in [4.69, 9.17) is 4.74 Å². The number of anilines is 1. The van der Waals surface area contributed by atoms with Crippen LogP contribution in [-0.2, 0) is 4.79 Å². The number of Topliss-reactive ketones (excluding diaryl/α,β-unsaturated/α-hetero) is 1. The van der Waals surface area contributed by atoms with Gasteiger partial charge in [0.15, 0.2) is 12.4 Å². The molecule has 2 aromatic carbocycles. The fraction of sp³-hybridized carbons (Fsp3) is 0.333. The van der Waals surface area contributed by atoms with Crippen molar-refractivity contribution >= 4 is 17.4 Å². The summed E-state index contributed by atoms with van der Waals surface area (Å²) in [5.74, 6) is 0.568. The lowest BCUT2D eigenvalue weighted by atomic mass is 9.97. The predicted octanol–water partition coefficient (Wildman–Crippen LogP) is 4.32. The standard InChI is InChI=1S/C21H23NO3/c1-12-5-6-13(2)16(9-12)22-19(24)11-25-18-8-7-14(3)20-15(4)10-17(23)21(18)20/h5-9,15H,10-11H2,1-4H3,(H,22,24)/t15-/m1/s1. The molecule has 0 spiro atoms. The lowest BCUT2D eigenvalue weighted by Gasteiger charge is -2.14. The fourth-order valence-corrected chi connectivity index (χ4v) is 3.43. The third-order valence-corrected chi connectivity index (χ3v) is 4.71. The molecule has 1 aliphatic rings. The van der Waals surface area contributed by atoms with E-state index in [-0.39, 0.29) is 24.2 Å². The second kappa shape index (κ2) is 6.71. The maximum atomic E-state index is 12.3. The average molecular weight is 337 g/mol. The summed E-state index contributed by atoms with van der Waals surface area (Å²) in [6.07, 6.45) is 0.505. The molecule has 25 heavy (non-hydrogen) atoms. The molecule has 1 N–H and O–H groups in total. The molecule has 130 valence electrons. The lowest BCUT2D eigenvalue weighted by Crippen LogP contribution is -2.21. The summed E-state index contributed by atoms with van der Waals surface area (Å²) < 4.78 is 5.69. The molecular formula is C21H23NO3. The first kappa shape index (κ1) is 17.2. The van der Waals surface area contributed by atoms with Crippen LogP contribution in [0.2, 0.25) is 0 Å². The van der Waals surface area contributed by atoms with Crippen LogP contribution in [0.3, 0.4) is 0 Å². The Morgan fingerprint density at radius 1 is 1.16 bits per heavy atom. The van der Waals surface area contributed by atoms with Gasteiger partial charge in [-0.1, -0.05) is 25.1 Å². The average Bonchev–Trinajstić information content (AvgIpc) is 2.86. The number of nitrogens with one attached hydrogen (secondary N) is 1. The molecule has 2 aromatic rings. The van der Waals surface area contributed by atoms with E-state index < -0.39 is 0 Å². The van der Waals surface area contributed by atoms with Gasteiger partial charge in [0.2, 0.25) is 0 Å². The maximum absolute atomic E-state index is 12.3. The zero-order chi connectivity index (χ0) is 18.1. The van der Waals surface area contributed by atoms with Crippen molar-refractivity contribution in [3.05, 3.63) is 58.1 Å². The second-order valence-corrected chi connectivity index (χ2v) is 6.85. The summed E-state index contributed by atoms with van der Waals surface area (Å²) in [5, 5.41) is 2.87. The van der Waals surface area contributed by atoms with Crippen LogP contribution in [0, 0.1) is 20.8 Å². The number of rotatable bonds is 4. The monoisotopic (exact) mass is 337 g/mol. The summed E-state index contributed by atoms with van der Waals surface area (Å²) in [6.45, 7) is 7.86. The van der Waals surface area contributed by atoms with E-state index in [1.54, 1.807) is 6.07 Å². The Morgan fingerprint density at radius 2 is 1.88 bits per heavy atom. The van der Waals surface area contributed by atoms with Crippen LogP contribution in [0.25, 0.3) is 0 Å². The van der Waals surface area contributed by atoms with Crippen LogP contribution < -0.4 is 10.1 Å². The fourth-order valence-electron chi connectivity index (χ4n) is 3.43. The van der Waals surface area contributed by atoms with Crippen molar-refractivity contribution in [3.63, 3.8) is 0 Å². The van der Waals surface area contributed by atoms with Gasteiger partial charge in [-0.25, -0.2) is 0 Å². The molecule has 4 heteroatoms. The summed E-state index contributed by atoms with van der Waals surface area (Å²) in [4.78, 5) is 24.5. The maximum Gasteiger partial charge on any atom is 0.262 e. The summed E-state index contributed by atoms with van der Waals surface area (Å²) in [5.41, 5.74) is 5.66. The largest absolute Gasteiger partial charge is 0.483 e. The number of amides is 1. The normalized spacial score (nSPS) is 15.8. The van der Waals surface area contributed by atoms with E-state index in [0.29, 0.717) is 17.7 Å². The molecule has 1 atom stereocenters. The van der Waals surface area contributed by atoms with E-state index >= 15 is 0 Å². The molecule has 0 fully saturated rings. The van der Waals surface area contributed by atoms with Gasteiger partial charge in [0.05, 0.1) is 5.56 Å². The van der Waals surface area contributed by atoms with Gasteiger partial charge in [0.25, 0.3) is 5.91 Å². The molecule has 0 unspecified atom stereocenters. The van der Waals surface area contributed by atoms with Gasteiger partial charge in [0, 0.05) is 12.1 Å². The molecule has 0 aromatic heterocycles. The van der Waals surface area contributed by atoms with Gasteiger partial charge < -0.3 is 10.1 Å². The van der Waals surface area contributed by atoms with Gasteiger partial charge in [0.1, 0.15) is 5.75 Å². The Balaban J connectivity index is 1.73. The topological polar surface area (TPSA) is 55.4 Å². The van der Waals surface area contributed by atoms with Crippen LogP contribution in [0.4, 0.5) is 5.69 Å². The molecular weight excluding hydrogens is 314 g/mol. The molecule has 0 aliphatic heterocycles. The van der Waals surface area contributed by atoms with Crippen LogP contribution in [0.5, 0.6) is 5.75 Å². The quantitative estimate of drug-likeness (QED) is 0.904. The number of hydrogen-bond acceptors (Lipinski definition) is 3. The van der Waals surface area contributed by atoms with Crippen LogP contribution in [0.1, 0.15) is 51.9 Å². The van der Waals surface area contributed by atoms with Crippen molar-refractivity contribution in [2.45, 2.75) is 40.0 Å². The van der Waals surface area contributed by atoms with Crippen molar-refractivity contribution in [2.75, 3.05) is 11.9 Å². The van der Waals surface area contributed by atoms with Gasteiger partial charge in [-0.3, -0.25) is 9.59 Å². The third-order valence-electron chi connectivity index (χ3n) is 4.71. The van der Waals surface area contributed by atoms with E-state index in [1.165, 1.54) is 0 Å². The Hall–Kier alpha value is -2.62. The molecule has 0 saturated carbocycles. The number of carbonyl (C=O) groups is 2. The third kappa shape index (κ3) is 3.43. The second-order valence-electron chi connectivity index (χ2n) is 6.85. The minimum absolute atomic E-state index is 0.0936. The highest BCUT2D eigenvalue weighted by molar-refractivity contribution is 6.04. The minimum Gasteiger partial charge on any atom is -0.483 e. The number of carbonyl (C=O) groups excluding carboxylic acids is 2. The van der Waals surface area contributed by atoms with Crippen molar-refractivity contribution in [3.8, 4) is 5.75 Å². The molecule has 4 nitrogen and oxygen atoms in total. The van der Waals surface area contributed by atoms with E-state index in [0.717, 1.165) is 27.9 Å². The smallest absolute Gasteiger partial charge is 0.262 e. The number of aryl methyl sites for hydroxylation is 3. The van der Waals surface area contributed by atoms with Gasteiger partial charge in [-0.2, -0.15) is 0 Å². The predicted molar refractivity (Wildman–Crippen MR) is 98.6 cm³/mol. The van der Waals surface area contributed by atoms with Crippen molar-refractivity contribution < 1.29 is 14.3 Å². The first-order valence-electron chi connectivity index (χ1n) is 8.53. The lowest BCUT2D eigenvalue weighted by molar-refractivity contribution is -0.118. The summed E-state index contributed by atoms with van der Waals surface area (Å²) in [6, 6.07) is 9.64. The van der Waals surface area contributed by atoms with E-state index in [1.807, 2.05) is 52.0 Å². The van der Waals surface area contributed by atoms with E-state index in [2.05, 4.69) is 5.32 Å². The molecule has 1 amide bonds. The van der Waals surface area contributed by atoms with Crippen LogP contribution in [0.15, 0.2) is 30.3 Å². The zero-order valence-electron chi connectivity index (χ0n) is 15.1. The highest BCUT2D eigenvalue weighted by Crippen LogP contribution is 2.40. The SMILES string of the molecule is Cc1ccc(C)c(NC(=O)COc2ccc(C)c3c2C(=O)C[C@H]3C)c1.